The van der Waals surface area contributed by atoms with E-state index in [1.54, 1.807) is 10.7 Å². The molecule has 0 aliphatic carbocycles. The number of hydrazine groups is 1. The van der Waals surface area contributed by atoms with Crippen LogP contribution in [0.5, 0.6) is 5.75 Å². The van der Waals surface area contributed by atoms with E-state index in [-0.39, 0.29) is 18.0 Å². The number of ether oxygens (including phenoxy) is 1. The molecule has 1 heterocycles. The molecule has 1 aromatic heterocycles. The summed E-state index contributed by atoms with van der Waals surface area (Å²) < 4.78 is 20.3. The van der Waals surface area contributed by atoms with Crippen molar-refractivity contribution in [3.8, 4) is 22.8 Å². The first kappa shape index (κ1) is 22.7. The summed E-state index contributed by atoms with van der Waals surface area (Å²) in [5.41, 5.74) is 6.85. The summed E-state index contributed by atoms with van der Waals surface area (Å²) in [6, 6.07) is 23.2. The fraction of sp³-hybridized carbons (Fsp3) is 0.120. The van der Waals surface area contributed by atoms with Crippen LogP contribution in [0.25, 0.3) is 17.1 Å². The lowest BCUT2D eigenvalue weighted by Crippen LogP contribution is -2.42. The van der Waals surface area contributed by atoms with Crippen LogP contribution in [0.3, 0.4) is 0 Å². The maximum Gasteiger partial charge on any atom is 0.309 e. The number of para-hydroxylation sites is 1. The quantitative estimate of drug-likeness (QED) is 0.413. The van der Waals surface area contributed by atoms with Crippen molar-refractivity contribution in [3.05, 3.63) is 96.1 Å². The van der Waals surface area contributed by atoms with Crippen LogP contribution in [0.4, 0.5) is 4.39 Å². The molecule has 4 aromatic rings. The number of aromatic nitrogens is 3. The third-order valence-corrected chi connectivity index (χ3v) is 5.02. The molecule has 2 amide bonds. The standard InChI is InChI=1S/C25H22FN5O3/c1-34-21-14-12-17(16-20(21)26)13-15-22(32)28-29-25(33)23-27-24(18-8-4-2-5-9-18)31(30-23)19-10-6-3-7-11-19/h2-12,14,16H,13,15H2,1H3,(H,28,32)(H,29,33). The molecule has 0 aliphatic rings. The summed E-state index contributed by atoms with van der Waals surface area (Å²) in [6.07, 6.45) is 0.342. The molecule has 0 fully saturated rings. The highest BCUT2D eigenvalue weighted by atomic mass is 19.1. The van der Waals surface area contributed by atoms with Crippen molar-refractivity contribution in [2.24, 2.45) is 0 Å². The number of nitrogens with zero attached hydrogens (tertiary/aromatic N) is 3. The second kappa shape index (κ2) is 10.4. The summed E-state index contributed by atoms with van der Waals surface area (Å²) in [5, 5.41) is 4.34. The minimum absolute atomic E-state index is 0.0488. The Bertz CT molecular complexity index is 1240. The average Bonchev–Trinajstić information content (AvgIpc) is 3.33. The maximum atomic E-state index is 13.8. The monoisotopic (exact) mass is 459 g/mol. The zero-order valence-corrected chi connectivity index (χ0v) is 18.4. The minimum Gasteiger partial charge on any atom is -0.494 e. The Hall–Kier alpha value is -4.53. The maximum absolute atomic E-state index is 13.8. The van der Waals surface area contributed by atoms with E-state index in [0.717, 1.165) is 11.3 Å². The molecule has 3 aromatic carbocycles. The number of carbonyl (C=O) groups is 2. The van der Waals surface area contributed by atoms with E-state index >= 15 is 0 Å². The highest BCUT2D eigenvalue weighted by Crippen LogP contribution is 2.21. The summed E-state index contributed by atoms with van der Waals surface area (Å²) in [6.45, 7) is 0. The van der Waals surface area contributed by atoms with Crippen molar-refractivity contribution in [1.82, 2.24) is 25.6 Å². The predicted molar refractivity (Wildman–Crippen MR) is 124 cm³/mol. The molecular formula is C25H22FN5O3. The highest BCUT2D eigenvalue weighted by Gasteiger charge is 2.19. The Morgan fingerprint density at radius 1 is 0.971 bits per heavy atom. The van der Waals surface area contributed by atoms with Gasteiger partial charge in [0.25, 0.3) is 0 Å². The number of benzene rings is 3. The van der Waals surface area contributed by atoms with Crippen molar-refractivity contribution in [3.63, 3.8) is 0 Å². The van der Waals surface area contributed by atoms with Gasteiger partial charge in [0.15, 0.2) is 17.4 Å². The topological polar surface area (TPSA) is 98.1 Å². The number of carbonyl (C=O) groups excluding carboxylic acids is 2. The second-order valence-corrected chi connectivity index (χ2v) is 7.34. The Kier molecular flexibility index (Phi) is 6.92. The molecule has 0 bridgehead atoms. The number of hydrogen-bond acceptors (Lipinski definition) is 5. The highest BCUT2D eigenvalue weighted by molar-refractivity contribution is 5.92. The van der Waals surface area contributed by atoms with Gasteiger partial charge in [-0.2, -0.15) is 0 Å². The molecule has 9 heteroatoms. The number of amides is 2. The van der Waals surface area contributed by atoms with Gasteiger partial charge in [0.1, 0.15) is 0 Å². The molecule has 172 valence electrons. The van der Waals surface area contributed by atoms with Crippen LogP contribution in [-0.2, 0) is 11.2 Å². The van der Waals surface area contributed by atoms with Crippen LogP contribution in [0.1, 0.15) is 22.6 Å². The molecule has 0 aliphatic heterocycles. The van der Waals surface area contributed by atoms with Crippen LogP contribution in [-0.4, -0.2) is 33.7 Å². The summed E-state index contributed by atoms with van der Waals surface area (Å²) >= 11 is 0. The SMILES string of the molecule is COc1ccc(CCC(=O)NNC(=O)c2nc(-c3ccccc3)n(-c3ccccc3)n2)cc1F. The van der Waals surface area contributed by atoms with Gasteiger partial charge in [-0.25, -0.2) is 14.1 Å². The average molecular weight is 459 g/mol. The van der Waals surface area contributed by atoms with Crippen molar-refractivity contribution < 1.29 is 18.7 Å². The van der Waals surface area contributed by atoms with Gasteiger partial charge in [0, 0.05) is 12.0 Å². The molecule has 0 saturated carbocycles. The van der Waals surface area contributed by atoms with Crippen molar-refractivity contribution in [2.45, 2.75) is 12.8 Å². The zero-order chi connectivity index (χ0) is 23.9. The molecule has 2 N–H and O–H groups in total. The lowest BCUT2D eigenvalue weighted by molar-refractivity contribution is -0.121. The van der Waals surface area contributed by atoms with Gasteiger partial charge in [-0.05, 0) is 36.2 Å². The molecule has 0 atom stereocenters. The van der Waals surface area contributed by atoms with Crippen molar-refractivity contribution >= 4 is 11.8 Å². The minimum atomic E-state index is -0.657. The van der Waals surface area contributed by atoms with E-state index in [9.17, 15) is 14.0 Å². The Balaban J connectivity index is 1.42. The van der Waals surface area contributed by atoms with Crippen LogP contribution in [0.15, 0.2) is 78.9 Å². The van der Waals surface area contributed by atoms with E-state index in [4.69, 9.17) is 4.74 Å². The summed E-state index contributed by atoms with van der Waals surface area (Å²) in [4.78, 5) is 29.2. The van der Waals surface area contributed by atoms with Gasteiger partial charge in [0.2, 0.25) is 11.7 Å². The third-order valence-electron chi connectivity index (χ3n) is 5.02. The predicted octanol–water partition coefficient (Wildman–Crippen LogP) is 3.48. The van der Waals surface area contributed by atoms with Gasteiger partial charge in [-0.1, -0.05) is 54.6 Å². The first-order valence-electron chi connectivity index (χ1n) is 10.5. The van der Waals surface area contributed by atoms with E-state index in [0.29, 0.717) is 17.8 Å². The van der Waals surface area contributed by atoms with E-state index in [1.807, 2.05) is 60.7 Å². The van der Waals surface area contributed by atoms with Crippen LogP contribution < -0.4 is 15.6 Å². The third kappa shape index (κ3) is 5.26. The van der Waals surface area contributed by atoms with Crippen molar-refractivity contribution in [1.29, 1.82) is 0 Å². The number of nitrogens with one attached hydrogen (secondary N) is 2. The molecule has 0 radical (unpaired) electrons. The van der Waals surface area contributed by atoms with E-state index < -0.39 is 17.6 Å². The van der Waals surface area contributed by atoms with Gasteiger partial charge in [-0.3, -0.25) is 20.4 Å². The molecule has 34 heavy (non-hydrogen) atoms. The first-order chi connectivity index (χ1) is 16.5. The number of hydrogen-bond donors (Lipinski definition) is 2. The summed E-state index contributed by atoms with van der Waals surface area (Å²) in [5.74, 6) is -1.06. The fourth-order valence-corrected chi connectivity index (χ4v) is 3.30. The second-order valence-electron chi connectivity index (χ2n) is 7.34. The fourth-order valence-electron chi connectivity index (χ4n) is 3.30. The zero-order valence-electron chi connectivity index (χ0n) is 18.4. The number of methoxy groups -OCH3 is 1. The Morgan fingerprint density at radius 2 is 1.68 bits per heavy atom. The molecule has 0 spiro atoms. The number of aryl methyl sites for hydroxylation is 1. The first-order valence-corrected chi connectivity index (χ1v) is 10.5. The van der Waals surface area contributed by atoms with Gasteiger partial charge < -0.3 is 4.74 Å². The lowest BCUT2D eigenvalue weighted by Gasteiger charge is -2.07. The van der Waals surface area contributed by atoms with Gasteiger partial charge >= 0.3 is 5.91 Å². The number of rotatable bonds is 7. The van der Waals surface area contributed by atoms with Gasteiger partial charge in [-0.15, -0.1) is 5.10 Å². The molecular weight excluding hydrogens is 437 g/mol. The Morgan fingerprint density at radius 3 is 2.35 bits per heavy atom. The molecule has 8 nitrogen and oxygen atoms in total. The van der Waals surface area contributed by atoms with Crippen LogP contribution in [0.2, 0.25) is 0 Å². The lowest BCUT2D eigenvalue weighted by atomic mass is 10.1. The normalized spacial score (nSPS) is 10.5. The Labute approximate surface area is 195 Å². The van der Waals surface area contributed by atoms with Gasteiger partial charge in [0.05, 0.1) is 12.8 Å². The molecule has 0 unspecified atom stereocenters. The van der Waals surface area contributed by atoms with Crippen LogP contribution >= 0.6 is 0 Å². The largest absolute Gasteiger partial charge is 0.494 e. The molecule has 0 saturated heterocycles. The van der Waals surface area contributed by atoms with E-state index in [2.05, 4.69) is 20.9 Å². The summed E-state index contributed by atoms with van der Waals surface area (Å²) in [7, 11) is 1.38. The van der Waals surface area contributed by atoms with Crippen molar-refractivity contribution in [2.75, 3.05) is 7.11 Å². The smallest absolute Gasteiger partial charge is 0.309 e. The number of halogens is 1. The van der Waals surface area contributed by atoms with Crippen LogP contribution in [0, 0.1) is 5.82 Å². The van der Waals surface area contributed by atoms with E-state index in [1.165, 1.54) is 19.2 Å². The molecule has 4 rings (SSSR count).